The van der Waals surface area contributed by atoms with E-state index in [0.717, 1.165) is 19.2 Å². The van der Waals surface area contributed by atoms with Gasteiger partial charge in [0.25, 0.3) is 5.92 Å². The van der Waals surface area contributed by atoms with Gasteiger partial charge in [-0.05, 0) is 17.7 Å². The molecule has 2 atom stereocenters. The molecule has 1 fully saturated rings. The van der Waals surface area contributed by atoms with Gasteiger partial charge >= 0.3 is 0 Å². The molecule has 128 valence electrons. The zero-order valence-corrected chi connectivity index (χ0v) is 13.3. The molecule has 0 amide bonds. The van der Waals surface area contributed by atoms with Crippen LogP contribution in [0.2, 0.25) is 0 Å². The number of sulfone groups is 1. The number of rotatable bonds is 3. The molecule has 0 aliphatic heterocycles. The summed E-state index contributed by atoms with van der Waals surface area (Å²) in [5.41, 5.74) is -0.661. The maximum absolute atomic E-state index is 14.3. The summed E-state index contributed by atoms with van der Waals surface area (Å²) in [7, 11) is -3.80. The van der Waals surface area contributed by atoms with Crippen LogP contribution in [-0.2, 0) is 9.84 Å². The van der Waals surface area contributed by atoms with E-state index in [9.17, 15) is 26.0 Å². The van der Waals surface area contributed by atoms with E-state index in [2.05, 4.69) is 0 Å². The van der Waals surface area contributed by atoms with E-state index in [1.165, 1.54) is 6.07 Å². The molecule has 0 spiro atoms. The number of ether oxygens (including phenoxy) is 1. The van der Waals surface area contributed by atoms with E-state index in [1.54, 1.807) is 0 Å². The van der Waals surface area contributed by atoms with E-state index in [1.807, 2.05) is 0 Å². The number of hydrogen-bond acceptors (Lipinski definition) is 3. The average molecular weight is 352 g/mol. The van der Waals surface area contributed by atoms with Gasteiger partial charge in [0.2, 0.25) is 0 Å². The highest BCUT2D eigenvalue weighted by Gasteiger charge is 2.57. The van der Waals surface area contributed by atoms with E-state index in [-0.39, 0.29) is 29.1 Å². The van der Waals surface area contributed by atoms with Crippen molar-refractivity contribution < 1.29 is 30.7 Å². The number of fused-ring (bicyclic) bond motifs is 1. The highest BCUT2D eigenvalue weighted by molar-refractivity contribution is 7.90. The predicted octanol–water partition coefficient (Wildman–Crippen LogP) is 3.73. The summed E-state index contributed by atoms with van der Waals surface area (Å²) in [6.45, 7) is 1.10. The third kappa shape index (κ3) is 2.51. The molecule has 0 unspecified atom stereocenters. The SMILES string of the molecule is C[C@H]1c2c(S(C)(=O)=O)ccc(OC3CC(F)C3)c2[C@@H](F)C1(F)F. The summed E-state index contributed by atoms with van der Waals surface area (Å²) in [5.74, 6) is -5.43. The summed E-state index contributed by atoms with van der Waals surface area (Å²) in [6.07, 6.45) is -3.04. The van der Waals surface area contributed by atoms with E-state index in [0.29, 0.717) is 0 Å². The monoisotopic (exact) mass is 352 g/mol. The van der Waals surface area contributed by atoms with Crippen LogP contribution in [0.25, 0.3) is 0 Å². The van der Waals surface area contributed by atoms with Crippen LogP contribution in [0.15, 0.2) is 17.0 Å². The smallest absolute Gasteiger partial charge is 0.289 e. The van der Waals surface area contributed by atoms with Crippen molar-refractivity contribution in [1.82, 2.24) is 0 Å². The third-order valence-corrected chi connectivity index (χ3v) is 5.69. The normalized spacial score (nSPS) is 32.3. The van der Waals surface area contributed by atoms with Crippen LogP contribution in [0.1, 0.15) is 43.0 Å². The minimum absolute atomic E-state index is 0.117. The molecule has 0 aromatic heterocycles. The number of halogens is 4. The summed E-state index contributed by atoms with van der Waals surface area (Å²) in [5, 5.41) is 0. The van der Waals surface area contributed by atoms with Gasteiger partial charge in [-0.15, -0.1) is 0 Å². The van der Waals surface area contributed by atoms with Crippen molar-refractivity contribution in [2.24, 2.45) is 0 Å². The van der Waals surface area contributed by atoms with Crippen molar-refractivity contribution in [2.75, 3.05) is 6.26 Å². The van der Waals surface area contributed by atoms with Gasteiger partial charge in [-0.25, -0.2) is 26.0 Å². The fourth-order valence-electron chi connectivity index (χ4n) is 3.11. The van der Waals surface area contributed by atoms with E-state index < -0.39 is 45.7 Å². The average Bonchev–Trinajstić information content (AvgIpc) is 2.58. The topological polar surface area (TPSA) is 43.4 Å². The van der Waals surface area contributed by atoms with Crippen LogP contribution >= 0.6 is 0 Å². The first-order valence-corrected chi connectivity index (χ1v) is 9.12. The zero-order chi connectivity index (χ0) is 17.2. The van der Waals surface area contributed by atoms with Crippen molar-refractivity contribution >= 4 is 9.84 Å². The minimum Gasteiger partial charge on any atom is -0.490 e. The maximum Gasteiger partial charge on any atom is 0.289 e. The zero-order valence-electron chi connectivity index (χ0n) is 12.5. The molecule has 8 heteroatoms. The number of alkyl halides is 4. The fraction of sp³-hybridized carbons (Fsp3) is 0.600. The third-order valence-electron chi connectivity index (χ3n) is 4.54. The molecule has 1 aromatic carbocycles. The maximum atomic E-state index is 14.3. The van der Waals surface area contributed by atoms with Gasteiger partial charge < -0.3 is 4.74 Å². The minimum atomic E-state index is -3.80. The van der Waals surface area contributed by atoms with Crippen LogP contribution in [0.5, 0.6) is 5.75 Å². The number of hydrogen-bond donors (Lipinski definition) is 0. The molecule has 0 heterocycles. The van der Waals surface area contributed by atoms with Gasteiger partial charge in [0.1, 0.15) is 18.0 Å². The first-order valence-electron chi connectivity index (χ1n) is 7.23. The molecular weight excluding hydrogens is 336 g/mol. The van der Waals surface area contributed by atoms with Crippen molar-refractivity contribution in [2.45, 2.75) is 54.9 Å². The Morgan fingerprint density at radius 1 is 1.17 bits per heavy atom. The molecule has 2 aliphatic rings. The van der Waals surface area contributed by atoms with Crippen LogP contribution < -0.4 is 4.74 Å². The van der Waals surface area contributed by atoms with Gasteiger partial charge in [-0.2, -0.15) is 0 Å². The quantitative estimate of drug-likeness (QED) is 0.779. The van der Waals surface area contributed by atoms with E-state index >= 15 is 0 Å². The van der Waals surface area contributed by atoms with Crippen molar-refractivity contribution in [3.05, 3.63) is 23.3 Å². The van der Waals surface area contributed by atoms with Crippen LogP contribution in [0, 0.1) is 0 Å². The molecule has 0 radical (unpaired) electrons. The lowest BCUT2D eigenvalue weighted by Gasteiger charge is -2.31. The highest BCUT2D eigenvalue weighted by Crippen LogP contribution is 2.58. The second kappa shape index (κ2) is 5.09. The Bertz CT molecular complexity index is 741. The number of benzene rings is 1. The Hall–Kier alpha value is -1.31. The van der Waals surface area contributed by atoms with Gasteiger partial charge in [-0.1, -0.05) is 6.92 Å². The summed E-state index contributed by atoms with van der Waals surface area (Å²) < 4.78 is 84.5. The Morgan fingerprint density at radius 2 is 1.78 bits per heavy atom. The molecule has 3 nitrogen and oxygen atoms in total. The van der Waals surface area contributed by atoms with Crippen LogP contribution in [0.4, 0.5) is 17.6 Å². The molecule has 0 N–H and O–H groups in total. The van der Waals surface area contributed by atoms with Crippen molar-refractivity contribution in [3.63, 3.8) is 0 Å². The highest BCUT2D eigenvalue weighted by atomic mass is 32.2. The lowest BCUT2D eigenvalue weighted by molar-refractivity contribution is -0.0791. The predicted molar refractivity (Wildman–Crippen MR) is 75.3 cm³/mol. The van der Waals surface area contributed by atoms with Crippen molar-refractivity contribution in [1.29, 1.82) is 0 Å². The fourth-order valence-corrected chi connectivity index (χ4v) is 4.11. The molecule has 0 bridgehead atoms. The lowest BCUT2D eigenvalue weighted by Crippen LogP contribution is -2.35. The Morgan fingerprint density at radius 3 is 2.30 bits per heavy atom. The molecule has 0 saturated heterocycles. The largest absolute Gasteiger partial charge is 0.490 e. The Labute approximate surface area is 131 Å². The first-order chi connectivity index (χ1) is 10.5. The Balaban J connectivity index is 2.12. The van der Waals surface area contributed by atoms with E-state index in [4.69, 9.17) is 4.74 Å². The second-order valence-electron chi connectivity index (χ2n) is 6.23. The molecule has 1 saturated carbocycles. The second-order valence-corrected chi connectivity index (χ2v) is 8.21. The molecular formula is C15H16F4O3S. The lowest BCUT2D eigenvalue weighted by atomic mass is 9.93. The molecule has 23 heavy (non-hydrogen) atoms. The van der Waals surface area contributed by atoms with Gasteiger partial charge in [0.05, 0.1) is 10.8 Å². The molecule has 1 aromatic rings. The Kier molecular flexibility index (Phi) is 3.66. The standard InChI is InChI=1S/C15H16F4O3S/c1-7-12-11(23(2,20)21)4-3-10(22-9-5-8(16)6-9)13(12)14(17)15(7,18)19/h3-4,7-9,14H,5-6H2,1-2H3/t7-,8?,9?,14+/m0/s1. The van der Waals surface area contributed by atoms with Gasteiger partial charge in [0.15, 0.2) is 16.0 Å². The van der Waals surface area contributed by atoms with Gasteiger partial charge in [0, 0.05) is 24.7 Å². The molecule has 3 rings (SSSR count). The van der Waals surface area contributed by atoms with Crippen LogP contribution in [0.3, 0.4) is 0 Å². The van der Waals surface area contributed by atoms with Crippen molar-refractivity contribution in [3.8, 4) is 5.75 Å². The molecule has 2 aliphatic carbocycles. The summed E-state index contributed by atoms with van der Waals surface area (Å²) in [6, 6.07) is 2.33. The summed E-state index contributed by atoms with van der Waals surface area (Å²) >= 11 is 0. The van der Waals surface area contributed by atoms with Crippen LogP contribution in [-0.4, -0.2) is 32.9 Å². The first kappa shape index (κ1) is 16.5. The summed E-state index contributed by atoms with van der Waals surface area (Å²) in [4.78, 5) is -0.316. The van der Waals surface area contributed by atoms with Gasteiger partial charge in [-0.3, -0.25) is 0 Å².